The van der Waals surface area contributed by atoms with Crippen LogP contribution in [-0.2, 0) is 4.79 Å². The SMILES string of the molecule is CCCCCCCCCC/C=C\CCCCCCCCCCCCCCCCCCCCCCCCCCCCCCCC(=O)NC(CO)C(O)CCCCCCCCCCCCCCCCCCCCCC. The molecule has 3 N–H and O–H groups in total. The van der Waals surface area contributed by atoms with E-state index in [9.17, 15) is 15.0 Å². The van der Waals surface area contributed by atoms with Gasteiger partial charge in [0.05, 0.1) is 18.8 Å². The van der Waals surface area contributed by atoms with Crippen LogP contribution in [-0.4, -0.2) is 34.9 Å². The Morgan fingerprint density at radius 1 is 0.315 bits per heavy atom. The van der Waals surface area contributed by atoms with Gasteiger partial charge in [0, 0.05) is 6.42 Å². The third-order valence-electron chi connectivity index (χ3n) is 16.5. The maximum absolute atomic E-state index is 12.5. The molecule has 0 bridgehead atoms. The molecule has 0 aliphatic heterocycles. The second-order valence-corrected chi connectivity index (χ2v) is 24.0. The van der Waals surface area contributed by atoms with Gasteiger partial charge in [-0.1, -0.05) is 373 Å². The van der Waals surface area contributed by atoms with E-state index in [1.54, 1.807) is 0 Å². The Morgan fingerprint density at radius 3 is 0.753 bits per heavy atom. The van der Waals surface area contributed by atoms with Crippen molar-refractivity contribution in [1.29, 1.82) is 0 Å². The number of unbranched alkanes of at least 4 members (excludes halogenated alkanes) is 56. The molecule has 1 amide bonds. The lowest BCUT2D eigenvalue weighted by Crippen LogP contribution is -2.45. The maximum atomic E-state index is 12.5. The predicted molar refractivity (Wildman–Crippen MR) is 327 cm³/mol. The molecule has 0 fully saturated rings. The molecular weight excluding hydrogens is 891 g/mol. The van der Waals surface area contributed by atoms with Crippen LogP contribution >= 0.6 is 0 Å². The highest BCUT2D eigenvalue weighted by Crippen LogP contribution is 2.19. The summed E-state index contributed by atoms with van der Waals surface area (Å²) in [5, 5.41) is 23.4. The Hall–Kier alpha value is -0.870. The molecule has 0 saturated carbocycles. The second-order valence-electron chi connectivity index (χ2n) is 24.0. The number of allylic oxidation sites excluding steroid dienone is 2. The Morgan fingerprint density at radius 2 is 0.521 bits per heavy atom. The minimum absolute atomic E-state index is 0.0209. The van der Waals surface area contributed by atoms with Gasteiger partial charge in [-0.05, 0) is 38.5 Å². The molecule has 73 heavy (non-hydrogen) atoms. The summed E-state index contributed by atoms with van der Waals surface area (Å²) < 4.78 is 0. The molecular formula is C69H137NO3. The highest BCUT2D eigenvalue weighted by atomic mass is 16.3. The fraction of sp³-hybridized carbons (Fsp3) is 0.957. The molecule has 436 valence electrons. The molecule has 0 radical (unpaired) electrons. The fourth-order valence-electron chi connectivity index (χ4n) is 11.3. The van der Waals surface area contributed by atoms with Gasteiger partial charge in [0.2, 0.25) is 5.91 Å². The van der Waals surface area contributed by atoms with Gasteiger partial charge in [0.15, 0.2) is 0 Å². The van der Waals surface area contributed by atoms with E-state index in [0.29, 0.717) is 12.8 Å². The first-order valence-corrected chi connectivity index (χ1v) is 34.4. The zero-order chi connectivity index (χ0) is 52.7. The number of rotatable bonds is 65. The van der Waals surface area contributed by atoms with E-state index in [4.69, 9.17) is 0 Å². The molecule has 0 heterocycles. The number of amides is 1. The predicted octanol–water partition coefficient (Wildman–Crippen LogP) is 23.2. The first kappa shape index (κ1) is 72.1. The van der Waals surface area contributed by atoms with E-state index in [2.05, 4.69) is 31.3 Å². The summed E-state index contributed by atoms with van der Waals surface area (Å²) in [6.07, 6.45) is 87.0. The Labute approximate surface area is 460 Å². The smallest absolute Gasteiger partial charge is 0.220 e. The van der Waals surface area contributed by atoms with Crippen LogP contribution in [0.1, 0.15) is 406 Å². The molecule has 0 aromatic carbocycles. The van der Waals surface area contributed by atoms with Crippen LogP contribution in [0.15, 0.2) is 12.2 Å². The van der Waals surface area contributed by atoms with Crippen LogP contribution in [0.3, 0.4) is 0 Å². The molecule has 0 aliphatic rings. The third-order valence-corrected chi connectivity index (χ3v) is 16.5. The quantitative estimate of drug-likeness (QED) is 0.0420. The van der Waals surface area contributed by atoms with Gasteiger partial charge in [-0.25, -0.2) is 0 Å². The van der Waals surface area contributed by atoms with Crippen molar-refractivity contribution in [3.63, 3.8) is 0 Å². The van der Waals surface area contributed by atoms with Crippen molar-refractivity contribution >= 4 is 5.91 Å². The number of carbonyl (C=O) groups excluding carboxylic acids is 1. The van der Waals surface area contributed by atoms with Gasteiger partial charge in [-0.2, -0.15) is 0 Å². The van der Waals surface area contributed by atoms with E-state index in [-0.39, 0.29) is 12.5 Å². The zero-order valence-electron chi connectivity index (χ0n) is 50.5. The molecule has 2 atom stereocenters. The topological polar surface area (TPSA) is 69.6 Å². The Kier molecular flexibility index (Phi) is 64.6. The van der Waals surface area contributed by atoms with Crippen LogP contribution in [0.2, 0.25) is 0 Å². The molecule has 0 aromatic heterocycles. The summed E-state index contributed by atoms with van der Waals surface area (Å²) >= 11 is 0. The third kappa shape index (κ3) is 61.9. The van der Waals surface area contributed by atoms with Crippen LogP contribution in [0.4, 0.5) is 0 Å². The summed E-state index contributed by atoms with van der Waals surface area (Å²) in [6.45, 7) is 4.41. The minimum Gasteiger partial charge on any atom is -0.394 e. The van der Waals surface area contributed by atoms with Crippen molar-refractivity contribution in [2.24, 2.45) is 0 Å². The average molecular weight is 1030 g/mol. The van der Waals surface area contributed by atoms with Crippen molar-refractivity contribution in [3.8, 4) is 0 Å². The van der Waals surface area contributed by atoms with Crippen LogP contribution in [0, 0.1) is 0 Å². The number of carbonyl (C=O) groups is 1. The molecule has 0 aliphatic carbocycles. The summed E-state index contributed by atoms with van der Waals surface area (Å²) in [7, 11) is 0. The lowest BCUT2D eigenvalue weighted by molar-refractivity contribution is -0.123. The monoisotopic (exact) mass is 1030 g/mol. The highest BCUT2D eigenvalue weighted by molar-refractivity contribution is 5.76. The number of aliphatic hydroxyl groups excluding tert-OH is 2. The summed E-state index contributed by atoms with van der Waals surface area (Å²) in [5.41, 5.74) is 0. The minimum atomic E-state index is -0.656. The first-order chi connectivity index (χ1) is 36.2. The van der Waals surface area contributed by atoms with Crippen LogP contribution in [0.25, 0.3) is 0 Å². The molecule has 0 rings (SSSR count). The van der Waals surface area contributed by atoms with Gasteiger partial charge in [-0.3, -0.25) is 4.79 Å². The van der Waals surface area contributed by atoms with Gasteiger partial charge in [0.1, 0.15) is 0 Å². The summed E-state index contributed by atoms with van der Waals surface area (Å²) in [6, 6.07) is -0.533. The molecule has 0 spiro atoms. The van der Waals surface area contributed by atoms with Crippen molar-refractivity contribution in [3.05, 3.63) is 12.2 Å². The van der Waals surface area contributed by atoms with E-state index in [1.807, 2.05) is 0 Å². The maximum Gasteiger partial charge on any atom is 0.220 e. The van der Waals surface area contributed by atoms with Crippen LogP contribution in [0.5, 0.6) is 0 Å². The number of hydrogen-bond acceptors (Lipinski definition) is 3. The largest absolute Gasteiger partial charge is 0.394 e. The van der Waals surface area contributed by atoms with Gasteiger partial charge in [-0.15, -0.1) is 0 Å². The lowest BCUT2D eigenvalue weighted by atomic mass is 10.0. The molecule has 4 heteroatoms. The normalized spacial score (nSPS) is 12.7. The molecule has 0 aromatic rings. The number of hydrogen-bond donors (Lipinski definition) is 3. The lowest BCUT2D eigenvalue weighted by Gasteiger charge is -2.22. The number of nitrogens with one attached hydrogen (secondary N) is 1. The van der Waals surface area contributed by atoms with E-state index < -0.39 is 12.1 Å². The van der Waals surface area contributed by atoms with Crippen molar-refractivity contribution in [1.82, 2.24) is 5.32 Å². The number of aliphatic hydroxyl groups is 2. The molecule has 0 saturated heterocycles. The van der Waals surface area contributed by atoms with E-state index >= 15 is 0 Å². The van der Waals surface area contributed by atoms with Crippen molar-refractivity contribution < 1.29 is 15.0 Å². The zero-order valence-corrected chi connectivity index (χ0v) is 50.5. The molecule has 4 nitrogen and oxygen atoms in total. The fourth-order valence-corrected chi connectivity index (χ4v) is 11.3. The Balaban J connectivity index is 3.33. The Bertz CT molecular complexity index is 1030. The highest BCUT2D eigenvalue weighted by Gasteiger charge is 2.20. The second kappa shape index (κ2) is 65.4. The average Bonchev–Trinajstić information content (AvgIpc) is 3.40. The summed E-state index contributed by atoms with van der Waals surface area (Å²) in [5.74, 6) is -0.0209. The van der Waals surface area contributed by atoms with Gasteiger partial charge >= 0.3 is 0 Å². The van der Waals surface area contributed by atoms with Crippen LogP contribution < -0.4 is 5.32 Å². The van der Waals surface area contributed by atoms with E-state index in [1.165, 1.54) is 353 Å². The summed E-state index contributed by atoms with van der Waals surface area (Å²) in [4.78, 5) is 12.5. The van der Waals surface area contributed by atoms with Gasteiger partial charge in [0.25, 0.3) is 0 Å². The van der Waals surface area contributed by atoms with Crippen molar-refractivity contribution in [2.45, 2.75) is 418 Å². The van der Waals surface area contributed by atoms with Gasteiger partial charge < -0.3 is 15.5 Å². The van der Waals surface area contributed by atoms with Crippen molar-refractivity contribution in [2.75, 3.05) is 6.61 Å². The standard InChI is InChI=1S/C69H137NO3/c1-3-5-7-9-11-13-15-17-19-21-23-25-26-27-28-29-30-31-32-33-34-35-36-37-38-39-40-41-42-43-44-45-47-49-51-53-55-57-59-61-63-65-69(73)70-67(66-71)68(72)64-62-60-58-56-54-52-50-48-46-24-22-20-18-16-14-12-10-8-6-4-2/h21,23,67-68,71-72H,3-20,22,24-66H2,1-2H3,(H,70,73)/b23-21-. The molecule has 2 unspecified atom stereocenters. The van der Waals surface area contributed by atoms with E-state index in [0.717, 1.165) is 25.7 Å². The first-order valence-electron chi connectivity index (χ1n) is 34.4.